The van der Waals surface area contributed by atoms with E-state index in [0.29, 0.717) is 6.54 Å². The number of ether oxygens (including phenoxy) is 1. The Kier molecular flexibility index (Phi) is 5.79. The maximum Gasteiger partial charge on any atom is 0.308 e. The van der Waals surface area contributed by atoms with Crippen LogP contribution in [0.2, 0.25) is 0 Å². The van der Waals surface area contributed by atoms with E-state index in [-0.39, 0.29) is 44.1 Å². The monoisotopic (exact) mass is 381 g/mol. The largest absolute Gasteiger partial charge is 0.481 e. The second-order valence-electron chi connectivity index (χ2n) is 7.54. The van der Waals surface area contributed by atoms with Crippen LogP contribution in [0.25, 0.3) is 0 Å². The summed E-state index contributed by atoms with van der Waals surface area (Å²) in [6.45, 7) is 0.403. The van der Waals surface area contributed by atoms with Gasteiger partial charge in [0.25, 0.3) is 5.91 Å². The van der Waals surface area contributed by atoms with Crippen molar-refractivity contribution in [1.82, 2.24) is 4.90 Å². The third-order valence-corrected chi connectivity index (χ3v) is 6.13. The highest BCUT2D eigenvalue weighted by atomic mass is 19.3. The molecule has 2 fully saturated rings. The average Bonchev–Trinajstić information content (AvgIpc) is 3.13. The Morgan fingerprint density at radius 3 is 2.33 bits per heavy atom. The highest BCUT2D eigenvalue weighted by Crippen LogP contribution is 2.41. The Bertz CT molecular complexity index is 674. The molecule has 3 rings (SSSR count). The predicted octanol–water partition coefficient (Wildman–Crippen LogP) is 3.15. The maximum atomic E-state index is 13.2. The van der Waals surface area contributed by atoms with E-state index in [9.17, 15) is 23.5 Å². The van der Waals surface area contributed by atoms with Crippen LogP contribution < -0.4 is 0 Å². The lowest BCUT2D eigenvalue weighted by Crippen LogP contribution is -2.52. The number of likely N-dealkylation sites (tertiary alicyclic amines) is 1. The van der Waals surface area contributed by atoms with Crippen LogP contribution in [0.5, 0.6) is 0 Å². The van der Waals surface area contributed by atoms with Gasteiger partial charge in [0.15, 0.2) is 0 Å². The summed E-state index contributed by atoms with van der Waals surface area (Å²) in [6.07, 6.45) is -1.45. The summed E-state index contributed by atoms with van der Waals surface area (Å²) in [7, 11) is 1.43. The Hall–Kier alpha value is -2.02. The van der Waals surface area contributed by atoms with Gasteiger partial charge in [-0.1, -0.05) is 30.3 Å². The lowest BCUT2D eigenvalue weighted by atomic mass is 9.78. The fourth-order valence-corrected chi connectivity index (χ4v) is 4.41. The third kappa shape index (κ3) is 3.83. The molecular formula is C20H25F2NO4. The Morgan fingerprint density at radius 2 is 1.81 bits per heavy atom. The molecule has 2 atom stereocenters. The lowest BCUT2D eigenvalue weighted by Gasteiger charge is -2.39. The number of carbonyl (C=O) groups excluding carboxylic acids is 1. The van der Waals surface area contributed by atoms with Crippen molar-refractivity contribution in [2.75, 3.05) is 20.2 Å². The van der Waals surface area contributed by atoms with Crippen molar-refractivity contribution in [3.8, 4) is 0 Å². The summed E-state index contributed by atoms with van der Waals surface area (Å²) in [5.41, 5.74) is -0.243. The van der Waals surface area contributed by atoms with Crippen LogP contribution in [-0.4, -0.2) is 54.1 Å². The molecule has 27 heavy (non-hydrogen) atoms. The van der Waals surface area contributed by atoms with Crippen molar-refractivity contribution >= 4 is 11.9 Å². The van der Waals surface area contributed by atoms with Crippen LogP contribution in [0, 0.1) is 11.8 Å². The number of rotatable bonds is 5. The molecule has 5 nitrogen and oxygen atoms in total. The second kappa shape index (κ2) is 7.92. The van der Waals surface area contributed by atoms with Crippen LogP contribution in [-0.2, 0) is 14.3 Å². The lowest BCUT2D eigenvalue weighted by molar-refractivity contribution is -0.161. The molecule has 1 N–H and O–H groups in total. The van der Waals surface area contributed by atoms with Crippen LogP contribution in [0.1, 0.15) is 37.2 Å². The van der Waals surface area contributed by atoms with E-state index in [1.54, 1.807) is 4.90 Å². The van der Waals surface area contributed by atoms with E-state index in [4.69, 9.17) is 4.74 Å². The zero-order chi connectivity index (χ0) is 19.6. The van der Waals surface area contributed by atoms with Gasteiger partial charge in [-0.15, -0.1) is 0 Å². The topological polar surface area (TPSA) is 66.8 Å². The zero-order valence-electron chi connectivity index (χ0n) is 15.3. The third-order valence-electron chi connectivity index (χ3n) is 6.13. The van der Waals surface area contributed by atoms with E-state index >= 15 is 0 Å². The van der Waals surface area contributed by atoms with E-state index in [1.165, 1.54) is 7.11 Å². The molecule has 1 heterocycles. The van der Waals surface area contributed by atoms with Gasteiger partial charge in [-0.25, -0.2) is 8.78 Å². The average molecular weight is 381 g/mol. The van der Waals surface area contributed by atoms with Gasteiger partial charge in [-0.3, -0.25) is 9.59 Å². The molecule has 148 valence electrons. The van der Waals surface area contributed by atoms with Crippen LogP contribution in [0.3, 0.4) is 0 Å². The molecule has 0 spiro atoms. The van der Waals surface area contributed by atoms with Crippen molar-refractivity contribution in [3.63, 3.8) is 0 Å². The van der Waals surface area contributed by atoms with E-state index in [1.807, 2.05) is 30.3 Å². The molecule has 1 amide bonds. The number of carboxylic acid groups (broad SMARTS) is 1. The zero-order valence-corrected chi connectivity index (χ0v) is 15.3. The van der Waals surface area contributed by atoms with Crippen molar-refractivity contribution in [1.29, 1.82) is 0 Å². The minimum Gasteiger partial charge on any atom is -0.481 e. The summed E-state index contributed by atoms with van der Waals surface area (Å²) in [5, 5.41) is 9.62. The molecule has 0 unspecified atom stereocenters. The predicted molar refractivity (Wildman–Crippen MR) is 94.6 cm³/mol. The summed E-state index contributed by atoms with van der Waals surface area (Å²) in [6, 6.07) is 9.30. The van der Waals surface area contributed by atoms with Crippen LogP contribution >= 0.6 is 0 Å². The van der Waals surface area contributed by atoms with Gasteiger partial charge in [0.2, 0.25) is 6.43 Å². The van der Waals surface area contributed by atoms with E-state index in [2.05, 4.69) is 0 Å². The summed E-state index contributed by atoms with van der Waals surface area (Å²) >= 11 is 0. The molecule has 1 saturated carbocycles. The standard InChI is InChI=1S/C20H25F2NO4/c1-27-20(9-7-14(8-10-20)17(21)22)19(26)23-11-15(16(12-23)18(24)25)13-5-3-2-4-6-13/h2-6,14-17H,7-12H2,1H3,(H,24,25)/t14?,15-,16-,20?/m0/s1. The van der Waals surface area contributed by atoms with Crippen molar-refractivity contribution in [2.45, 2.75) is 43.6 Å². The number of hydrogen-bond acceptors (Lipinski definition) is 3. The maximum absolute atomic E-state index is 13.2. The summed E-state index contributed by atoms with van der Waals surface area (Å²) in [4.78, 5) is 26.5. The molecule has 7 heteroatoms. The molecule has 0 bridgehead atoms. The number of halogens is 2. The first-order valence-corrected chi connectivity index (χ1v) is 9.28. The van der Waals surface area contributed by atoms with E-state index < -0.39 is 29.8 Å². The van der Waals surface area contributed by atoms with Gasteiger partial charge in [0.05, 0.1) is 5.92 Å². The number of benzene rings is 1. The quantitative estimate of drug-likeness (QED) is 0.851. The minimum atomic E-state index is -2.39. The van der Waals surface area contributed by atoms with Crippen LogP contribution in [0.4, 0.5) is 8.78 Å². The summed E-state index contributed by atoms with van der Waals surface area (Å²) in [5.74, 6) is -2.90. The molecule has 0 radical (unpaired) electrons. The highest BCUT2D eigenvalue weighted by molar-refractivity contribution is 5.87. The number of aliphatic carboxylic acids is 1. The van der Waals surface area contributed by atoms with Crippen molar-refractivity contribution < 1.29 is 28.2 Å². The number of amides is 1. The number of methoxy groups -OCH3 is 1. The van der Waals surface area contributed by atoms with Crippen molar-refractivity contribution in [3.05, 3.63) is 35.9 Å². The molecule has 1 aliphatic heterocycles. The van der Waals surface area contributed by atoms with E-state index in [0.717, 1.165) is 5.56 Å². The number of carbonyl (C=O) groups is 2. The number of carboxylic acids is 1. The fourth-order valence-electron chi connectivity index (χ4n) is 4.41. The Balaban J connectivity index is 1.77. The normalized spacial score (nSPS) is 31.3. The van der Waals surface area contributed by atoms with Gasteiger partial charge in [-0.2, -0.15) is 0 Å². The smallest absolute Gasteiger partial charge is 0.308 e. The molecule has 1 aromatic rings. The number of hydrogen-bond donors (Lipinski definition) is 1. The van der Waals surface area contributed by atoms with Crippen LogP contribution in [0.15, 0.2) is 30.3 Å². The van der Waals surface area contributed by atoms with Gasteiger partial charge in [0.1, 0.15) is 5.60 Å². The fraction of sp³-hybridized carbons (Fsp3) is 0.600. The van der Waals surface area contributed by atoms with Gasteiger partial charge in [-0.05, 0) is 31.2 Å². The number of alkyl halides is 2. The van der Waals surface area contributed by atoms with Crippen molar-refractivity contribution in [2.24, 2.45) is 11.8 Å². The number of nitrogens with zero attached hydrogens (tertiary/aromatic N) is 1. The molecule has 0 aromatic heterocycles. The Labute approximate surface area is 157 Å². The molecule has 1 saturated heterocycles. The highest BCUT2D eigenvalue weighted by Gasteiger charge is 2.49. The summed E-state index contributed by atoms with van der Waals surface area (Å²) < 4.78 is 31.4. The molecular weight excluding hydrogens is 356 g/mol. The first kappa shape index (κ1) is 19.7. The van der Waals surface area contributed by atoms with Gasteiger partial charge < -0.3 is 14.7 Å². The van der Waals surface area contributed by atoms with Gasteiger partial charge in [0, 0.05) is 32.0 Å². The van der Waals surface area contributed by atoms with Gasteiger partial charge >= 0.3 is 5.97 Å². The first-order chi connectivity index (χ1) is 12.9. The minimum absolute atomic E-state index is 0.108. The Morgan fingerprint density at radius 1 is 1.19 bits per heavy atom. The SMILES string of the molecule is COC1(C(=O)N2C[C@H](C(=O)O)[C@H](c3ccccc3)C2)CCC(C(F)F)CC1. The molecule has 2 aliphatic rings. The first-order valence-electron chi connectivity index (χ1n) is 9.28. The molecule has 1 aliphatic carbocycles. The molecule has 1 aromatic carbocycles. The second-order valence-corrected chi connectivity index (χ2v) is 7.54.